The van der Waals surface area contributed by atoms with Gasteiger partial charge in [0.25, 0.3) is 0 Å². The summed E-state index contributed by atoms with van der Waals surface area (Å²) in [6.45, 7) is -0.0285. The second-order valence-corrected chi connectivity index (χ2v) is 3.33. The number of hydrogen-bond donors (Lipinski definition) is 2. The fraction of sp³-hybridized carbons (Fsp3) is 0.857. The van der Waals surface area contributed by atoms with E-state index in [1.807, 2.05) is 0 Å². The number of amides is 1. The fourth-order valence-corrected chi connectivity index (χ4v) is 2.02. The number of carbonyl (C=O) groups is 1. The van der Waals surface area contributed by atoms with Crippen LogP contribution in [0.2, 0.25) is 0 Å². The standard InChI is InChI=1S/C7H11NO3/c9-3-5-1-4-2-6(4)8(5)7(10)11/h4-6,9H,1-3H2,(H,10,11)/t4-,5?,6+/m0/s1. The van der Waals surface area contributed by atoms with E-state index in [9.17, 15) is 4.79 Å². The number of carboxylic acid groups (broad SMARTS) is 1. The number of aliphatic hydroxyl groups excluding tert-OH is 1. The van der Waals surface area contributed by atoms with Gasteiger partial charge in [0.1, 0.15) is 0 Å². The molecular formula is C7H11NO3. The lowest BCUT2D eigenvalue weighted by atomic mass is 10.2. The Morgan fingerprint density at radius 1 is 1.55 bits per heavy atom. The SMILES string of the molecule is O=C(O)N1C(CO)C[C@H]2C[C@H]21. The summed E-state index contributed by atoms with van der Waals surface area (Å²) in [6, 6.07) is 0.0981. The Balaban J connectivity index is 2.08. The number of rotatable bonds is 1. The van der Waals surface area contributed by atoms with Crippen molar-refractivity contribution in [2.75, 3.05) is 6.61 Å². The van der Waals surface area contributed by atoms with Crippen molar-refractivity contribution in [3.8, 4) is 0 Å². The molecule has 2 fully saturated rings. The molecule has 1 aliphatic heterocycles. The molecule has 0 aromatic carbocycles. The van der Waals surface area contributed by atoms with Crippen LogP contribution >= 0.6 is 0 Å². The zero-order chi connectivity index (χ0) is 8.01. The number of aliphatic hydroxyl groups is 1. The van der Waals surface area contributed by atoms with Crippen molar-refractivity contribution < 1.29 is 15.0 Å². The molecule has 1 amide bonds. The lowest BCUT2D eigenvalue weighted by molar-refractivity contribution is 0.106. The highest BCUT2D eigenvalue weighted by molar-refractivity contribution is 5.67. The first-order valence-electron chi connectivity index (χ1n) is 3.86. The molecule has 1 aliphatic carbocycles. The Labute approximate surface area is 64.4 Å². The van der Waals surface area contributed by atoms with Gasteiger partial charge in [-0.2, -0.15) is 0 Å². The predicted octanol–water partition coefficient (Wildman–Crippen LogP) is 0.119. The van der Waals surface area contributed by atoms with Crippen LogP contribution < -0.4 is 0 Å². The molecule has 0 spiro atoms. The maximum Gasteiger partial charge on any atom is 0.407 e. The second-order valence-electron chi connectivity index (χ2n) is 3.33. The molecule has 4 nitrogen and oxygen atoms in total. The summed E-state index contributed by atoms with van der Waals surface area (Å²) in [5, 5.41) is 17.5. The number of piperidine rings is 1. The Bertz CT molecular complexity index is 194. The van der Waals surface area contributed by atoms with E-state index < -0.39 is 6.09 Å². The van der Waals surface area contributed by atoms with Gasteiger partial charge >= 0.3 is 6.09 Å². The first-order valence-corrected chi connectivity index (χ1v) is 3.86. The van der Waals surface area contributed by atoms with Gasteiger partial charge in [-0.25, -0.2) is 4.79 Å². The molecule has 0 aromatic heterocycles. The molecule has 2 aliphatic rings. The Morgan fingerprint density at radius 3 is 2.73 bits per heavy atom. The van der Waals surface area contributed by atoms with Crippen molar-refractivity contribution in [3.63, 3.8) is 0 Å². The normalized spacial score (nSPS) is 40.5. The number of likely N-dealkylation sites (tertiary alicyclic amines) is 1. The molecule has 1 heterocycles. The first-order chi connectivity index (χ1) is 5.24. The smallest absolute Gasteiger partial charge is 0.407 e. The minimum absolute atomic E-state index is 0.0285. The Kier molecular flexibility index (Phi) is 1.32. The van der Waals surface area contributed by atoms with Crippen LogP contribution in [0.1, 0.15) is 12.8 Å². The van der Waals surface area contributed by atoms with E-state index in [0.717, 1.165) is 12.8 Å². The number of nitrogens with zero attached hydrogens (tertiary/aromatic N) is 1. The first kappa shape index (κ1) is 6.91. The quantitative estimate of drug-likeness (QED) is 0.568. The molecule has 0 radical (unpaired) electrons. The van der Waals surface area contributed by atoms with Crippen LogP contribution in [0, 0.1) is 5.92 Å². The third-order valence-electron chi connectivity index (χ3n) is 2.64. The molecule has 0 bridgehead atoms. The van der Waals surface area contributed by atoms with Crippen molar-refractivity contribution in [1.29, 1.82) is 0 Å². The molecule has 1 saturated heterocycles. The van der Waals surface area contributed by atoms with Crippen molar-refractivity contribution in [3.05, 3.63) is 0 Å². The molecule has 2 rings (SSSR count). The number of hydrogen-bond acceptors (Lipinski definition) is 2. The van der Waals surface area contributed by atoms with Gasteiger partial charge in [0.15, 0.2) is 0 Å². The van der Waals surface area contributed by atoms with E-state index >= 15 is 0 Å². The number of fused-ring (bicyclic) bond motifs is 1. The maximum absolute atomic E-state index is 10.6. The van der Waals surface area contributed by atoms with Crippen LogP contribution in [-0.2, 0) is 0 Å². The van der Waals surface area contributed by atoms with Crippen LogP contribution in [-0.4, -0.2) is 39.9 Å². The summed E-state index contributed by atoms with van der Waals surface area (Å²) in [7, 11) is 0. The molecule has 11 heavy (non-hydrogen) atoms. The van der Waals surface area contributed by atoms with Crippen LogP contribution in [0.4, 0.5) is 4.79 Å². The molecule has 1 saturated carbocycles. The Morgan fingerprint density at radius 2 is 2.27 bits per heavy atom. The average Bonchev–Trinajstić information content (AvgIpc) is 2.61. The Hall–Kier alpha value is -0.770. The van der Waals surface area contributed by atoms with E-state index in [1.165, 1.54) is 4.90 Å². The summed E-state index contributed by atoms with van der Waals surface area (Å²) >= 11 is 0. The van der Waals surface area contributed by atoms with Crippen molar-refractivity contribution in [2.24, 2.45) is 5.92 Å². The molecule has 4 heteroatoms. The summed E-state index contributed by atoms with van der Waals surface area (Å²) in [4.78, 5) is 12.0. The molecule has 0 aromatic rings. The van der Waals surface area contributed by atoms with Crippen LogP contribution in [0.15, 0.2) is 0 Å². The minimum Gasteiger partial charge on any atom is -0.465 e. The van der Waals surface area contributed by atoms with Crippen LogP contribution in [0.25, 0.3) is 0 Å². The fourth-order valence-electron chi connectivity index (χ4n) is 2.02. The summed E-state index contributed by atoms with van der Waals surface area (Å²) in [5.41, 5.74) is 0. The molecule has 62 valence electrons. The highest BCUT2D eigenvalue weighted by atomic mass is 16.4. The van der Waals surface area contributed by atoms with Gasteiger partial charge in [0.05, 0.1) is 12.6 Å². The largest absolute Gasteiger partial charge is 0.465 e. The molecule has 1 unspecified atom stereocenters. The van der Waals surface area contributed by atoms with Crippen molar-refractivity contribution >= 4 is 6.09 Å². The van der Waals surface area contributed by atoms with Gasteiger partial charge in [0, 0.05) is 6.04 Å². The topological polar surface area (TPSA) is 60.8 Å². The average molecular weight is 157 g/mol. The van der Waals surface area contributed by atoms with Gasteiger partial charge in [-0.05, 0) is 18.8 Å². The summed E-state index contributed by atoms with van der Waals surface area (Å²) in [6.07, 6.45) is 0.977. The monoisotopic (exact) mass is 157 g/mol. The van der Waals surface area contributed by atoms with Crippen molar-refractivity contribution in [1.82, 2.24) is 4.90 Å². The van der Waals surface area contributed by atoms with Crippen molar-refractivity contribution in [2.45, 2.75) is 24.9 Å². The zero-order valence-electron chi connectivity index (χ0n) is 6.10. The van der Waals surface area contributed by atoms with Gasteiger partial charge in [-0.3, -0.25) is 4.90 Å². The lowest BCUT2D eigenvalue weighted by Crippen LogP contribution is -2.39. The van der Waals surface area contributed by atoms with E-state index in [4.69, 9.17) is 10.2 Å². The molecule has 3 atom stereocenters. The van der Waals surface area contributed by atoms with Crippen LogP contribution in [0.5, 0.6) is 0 Å². The second kappa shape index (κ2) is 2.11. The third kappa shape index (κ3) is 0.894. The van der Waals surface area contributed by atoms with Gasteiger partial charge < -0.3 is 10.2 Å². The molecular weight excluding hydrogens is 146 g/mol. The maximum atomic E-state index is 10.6. The lowest BCUT2D eigenvalue weighted by Gasteiger charge is -2.22. The van der Waals surface area contributed by atoms with E-state index in [1.54, 1.807) is 0 Å². The minimum atomic E-state index is -0.881. The predicted molar refractivity (Wildman–Crippen MR) is 37.2 cm³/mol. The van der Waals surface area contributed by atoms with E-state index in [-0.39, 0.29) is 18.7 Å². The van der Waals surface area contributed by atoms with E-state index in [2.05, 4.69) is 0 Å². The van der Waals surface area contributed by atoms with E-state index in [0.29, 0.717) is 5.92 Å². The van der Waals surface area contributed by atoms with Gasteiger partial charge in [-0.1, -0.05) is 0 Å². The van der Waals surface area contributed by atoms with Gasteiger partial charge in [-0.15, -0.1) is 0 Å². The zero-order valence-corrected chi connectivity index (χ0v) is 6.10. The summed E-state index contributed by atoms with van der Waals surface area (Å²) in [5.74, 6) is 0.545. The molecule has 2 N–H and O–H groups in total. The summed E-state index contributed by atoms with van der Waals surface area (Å²) < 4.78 is 0. The third-order valence-corrected chi connectivity index (χ3v) is 2.64. The van der Waals surface area contributed by atoms with Gasteiger partial charge in [0.2, 0.25) is 0 Å². The van der Waals surface area contributed by atoms with Crippen LogP contribution in [0.3, 0.4) is 0 Å². The highest BCUT2D eigenvalue weighted by Gasteiger charge is 2.53. The highest BCUT2D eigenvalue weighted by Crippen LogP contribution is 2.47.